The van der Waals surface area contributed by atoms with E-state index in [1.165, 1.54) is 12.8 Å². The monoisotopic (exact) mass is 255 g/mol. The third-order valence-corrected chi connectivity index (χ3v) is 3.29. The largest absolute Gasteiger partial charge is 0.366 e. The Bertz CT molecular complexity index is 522. The number of rotatable bonds is 3. The zero-order valence-electron chi connectivity index (χ0n) is 10.7. The van der Waals surface area contributed by atoms with Crippen LogP contribution in [0.4, 0.5) is 5.82 Å². The lowest BCUT2D eigenvalue weighted by atomic mass is 10.1. The average molecular weight is 255 g/mol. The lowest BCUT2D eigenvalue weighted by Gasteiger charge is -2.24. The lowest BCUT2D eigenvalue weighted by molar-refractivity contribution is 0.479. The molecule has 0 saturated carbocycles. The van der Waals surface area contributed by atoms with E-state index in [4.69, 9.17) is 0 Å². The maximum absolute atomic E-state index is 4.31. The molecule has 2 N–H and O–H groups in total. The summed E-state index contributed by atoms with van der Waals surface area (Å²) in [6, 6.07) is 6.35. The Morgan fingerprint density at radius 1 is 1.21 bits per heavy atom. The normalized spacial score (nSPS) is 19.1. The average Bonchev–Trinajstić information content (AvgIpc) is 2.49. The van der Waals surface area contributed by atoms with Gasteiger partial charge in [0, 0.05) is 36.6 Å². The van der Waals surface area contributed by atoms with Gasteiger partial charge in [-0.05, 0) is 31.5 Å². The van der Waals surface area contributed by atoms with Crippen LogP contribution in [-0.2, 0) is 0 Å². The summed E-state index contributed by atoms with van der Waals surface area (Å²) >= 11 is 0. The van der Waals surface area contributed by atoms with Crippen molar-refractivity contribution in [3.05, 3.63) is 36.9 Å². The molecule has 3 heterocycles. The fraction of sp³-hybridized carbons (Fsp3) is 0.357. The first kappa shape index (κ1) is 12.0. The van der Waals surface area contributed by atoms with Crippen molar-refractivity contribution >= 4 is 5.82 Å². The Kier molecular flexibility index (Phi) is 3.65. The highest BCUT2D eigenvalue weighted by atomic mass is 15.1. The van der Waals surface area contributed by atoms with Gasteiger partial charge >= 0.3 is 0 Å². The number of pyridine rings is 1. The molecule has 3 rings (SSSR count). The molecular formula is C14H17N5. The van der Waals surface area contributed by atoms with Crippen molar-refractivity contribution in [2.45, 2.75) is 18.9 Å². The third-order valence-electron chi connectivity index (χ3n) is 3.29. The van der Waals surface area contributed by atoms with Gasteiger partial charge in [0.25, 0.3) is 0 Å². The van der Waals surface area contributed by atoms with Crippen molar-refractivity contribution in [2.75, 3.05) is 18.4 Å². The Balaban J connectivity index is 1.76. The number of hydrogen-bond donors (Lipinski definition) is 2. The molecule has 5 heteroatoms. The molecule has 0 bridgehead atoms. The molecule has 0 amide bonds. The smallest absolute Gasteiger partial charge is 0.130 e. The number of piperidine rings is 1. The molecule has 2 aromatic rings. The summed E-state index contributed by atoms with van der Waals surface area (Å²) in [5, 5.41) is 6.85. The van der Waals surface area contributed by atoms with Crippen molar-refractivity contribution in [3.8, 4) is 11.3 Å². The summed E-state index contributed by atoms with van der Waals surface area (Å²) in [6.45, 7) is 2.11. The molecule has 5 nitrogen and oxygen atoms in total. The van der Waals surface area contributed by atoms with Gasteiger partial charge in [0.05, 0.1) is 5.69 Å². The minimum Gasteiger partial charge on any atom is -0.366 e. The Morgan fingerprint density at radius 2 is 2.11 bits per heavy atom. The van der Waals surface area contributed by atoms with Crippen LogP contribution in [0.5, 0.6) is 0 Å². The van der Waals surface area contributed by atoms with Crippen molar-refractivity contribution < 1.29 is 0 Å². The fourth-order valence-corrected chi connectivity index (χ4v) is 2.30. The molecule has 1 aliphatic heterocycles. The van der Waals surface area contributed by atoms with E-state index in [1.54, 1.807) is 18.7 Å². The molecule has 1 atom stereocenters. The maximum Gasteiger partial charge on any atom is 0.130 e. The number of anilines is 1. The summed E-state index contributed by atoms with van der Waals surface area (Å²) in [5.41, 5.74) is 1.98. The highest BCUT2D eigenvalue weighted by molar-refractivity contribution is 5.61. The standard InChI is InChI=1S/C14H17N5/c1-2-12(9-16-5-1)19-14-8-13(17-10-18-14)11-3-6-15-7-4-11/h3-4,6-8,10,12,16H,1-2,5,9H2,(H,17,18,19). The third kappa shape index (κ3) is 3.06. The van der Waals surface area contributed by atoms with Crippen molar-refractivity contribution in [1.29, 1.82) is 0 Å². The first-order chi connectivity index (χ1) is 9.42. The quantitative estimate of drug-likeness (QED) is 0.874. The van der Waals surface area contributed by atoms with Gasteiger partial charge in [0.1, 0.15) is 12.1 Å². The minimum absolute atomic E-state index is 0.453. The van der Waals surface area contributed by atoms with E-state index < -0.39 is 0 Å². The van der Waals surface area contributed by atoms with Gasteiger partial charge in [-0.1, -0.05) is 0 Å². The summed E-state index contributed by atoms with van der Waals surface area (Å²) < 4.78 is 0. The number of nitrogens with one attached hydrogen (secondary N) is 2. The molecule has 0 spiro atoms. The van der Waals surface area contributed by atoms with Gasteiger partial charge in [-0.2, -0.15) is 0 Å². The van der Waals surface area contributed by atoms with Crippen LogP contribution in [-0.4, -0.2) is 34.1 Å². The molecular weight excluding hydrogens is 238 g/mol. The van der Waals surface area contributed by atoms with E-state index in [2.05, 4.69) is 25.6 Å². The molecule has 0 aromatic carbocycles. The summed E-state index contributed by atoms with van der Waals surface area (Å²) in [4.78, 5) is 12.6. The van der Waals surface area contributed by atoms with E-state index in [1.807, 2.05) is 18.2 Å². The Labute approximate surface area is 112 Å². The van der Waals surface area contributed by atoms with E-state index in [-0.39, 0.29) is 0 Å². The van der Waals surface area contributed by atoms with Crippen LogP contribution in [0.15, 0.2) is 36.9 Å². The molecule has 2 aromatic heterocycles. The van der Waals surface area contributed by atoms with Crippen LogP contribution in [0.1, 0.15) is 12.8 Å². The van der Waals surface area contributed by atoms with E-state index >= 15 is 0 Å². The predicted octanol–water partition coefficient (Wildman–Crippen LogP) is 1.70. The minimum atomic E-state index is 0.453. The zero-order valence-corrected chi connectivity index (χ0v) is 10.7. The number of aromatic nitrogens is 3. The molecule has 0 radical (unpaired) electrons. The second-order valence-corrected chi connectivity index (χ2v) is 4.71. The topological polar surface area (TPSA) is 62.7 Å². The summed E-state index contributed by atoms with van der Waals surface area (Å²) in [7, 11) is 0. The van der Waals surface area contributed by atoms with Crippen molar-refractivity contribution in [2.24, 2.45) is 0 Å². The molecule has 98 valence electrons. The van der Waals surface area contributed by atoms with Crippen molar-refractivity contribution in [1.82, 2.24) is 20.3 Å². The second kappa shape index (κ2) is 5.75. The Morgan fingerprint density at radius 3 is 2.89 bits per heavy atom. The van der Waals surface area contributed by atoms with Crippen LogP contribution >= 0.6 is 0 Å². The van der Waals surface area contributed by atoms with E-state index in [0.29, 0.717) is 6.04 Å². The molecule has 0 aliphatic carbocycles. The van der Waals surface area contributed by atoms with Gasteiger partial charge in [0.15, 0.2) is 0 Å². The highest BCUT2D eigenvalue weighted by Crippen LogP contribution is 2.18. The van der Waals surface area contributed by atoms with Crippen LogP contribution in [0.2, 0.25) is 0 Å². The van der Waals surface area contributed by atoms with Gasteiger partial charge < -0.3 is 10.6 Å². The second-order valence-electron chi connectivity index (χ2n) is 4.71. The highest BCUT2D eigenvalue weighted by Gasteiger charge is 2.13. The first-order valence-electron chi connectivity index (χ1n) is 6.61. The van der Waals surface area contributed by atoms with Crippen molar-refractivity contribution in [3.63, 3.8) is 0 Å². The molecule has 19 heavy (non-hydrogen) atoms. The first-order valence-corrected chi connectivity index (χ1v) is 6.61. The fourth-order valence-electron chi connectivity index (χ4n) is 2.30. The summed E-state index contributed by atoms with van der Waals surface area (Å²) in [5.74, 6) is 0.885. The SMILES string of the molecule is c1cc(-c2cc(NC3CCCNC3)ncn2)ccn1. The number of nitrogens with zero attached hydrogens (tertiary/aromatic N) is 3. The predicted molar refractivity (Wildman–Crippen MR) is 74.8 cm³/mol. The van der Waals surface area contributed by atoms with E-state index in [0.717, 1.165) is 30.2 Å². The number of hydrogen-bond acceptors (Lipinski definition) is 5. The maximum atomic E-state index is 4.31. The lowest BCUT2D eigenvalue weighted by Crippen LogP contribution is -2.38. The van der Waals surface area contributed by atoms with Gasteiger partial charge in [-0.15, -0.1) is 0 Å². The van der Waals surface area contributed by atoms with Crippen LogP contribution in [0, 0.1) is 0 Å². The van der Waals surface area contributed by atoms with Gasteiger partial charge in [-0.3, -0.25) is 4.98 Å². The van der Waals surface area contributed by atoms with Crippen LogP contribution in [0.25, 0.3) is 11.3 Å². The van der Waals surface area contributed by atoms with Gasteiger partial charge in [-0.25, -0.2) is 9.97 Å². The molecule has 1 unspecified atom stereocenters. The zero-order chi connectivity index (χ0) is 12.9. The molecule has 1 saturated heterocycles. The van der Waals surface area contributed by atoms with E-state index in [9.17, 15) is 0 Å². The van der Waals surface area contributed by atoms with Crippen LogP contribution < -0.4 is 10.6 Å². The van der Waals surface area contributed by atoms with Gasteiger partial charge in [0.2, 0.25) is 0 Å². The Hall–Kier alpha value is -2.01. The van der Waals surface area contributed by atoms with Crippen LogP contribution in [0.3, 0.4) is 0 Å². The molecule has 1 aliphatic rings. The summed E-state index contributed by atoms with van der Waals surface area (Å²) in [6.07, 6.45) is 7.54. The molecule has 1 fully saturated rings.